The molecule has 0 fully saturated rings. The summed E-state index contributed by atoms with van der Waals surface area (Å²) < 4.78 is 0. The molecule has 0 spiro atoms. The first-order valence-corrected chi connectivity index (χ1v) is 8.42. The molecule has 0 saturated carbocycles. The molecule has 124 valence electrons. The fourth-order valence-electron chi connectivity index (χ4n) is 2.69. The number of rotatable bonds is 5. The highest BCUT2D eigenvalue weighted by Gasteiger charge is 2.20. The van der Waals surface area contributed by atoms with Crippen molar-refractivity contribution in [1.29, 1.82) is 0 Å². The molecule has 3 rings (SSSR count). The number of hydrogen-bond donors (Lipinski definition) is 2. The molecule has 5 heteroatoms. The number of hydrogen-bond acceptors (Lipinski definition) is 2. The van der Waals surface area contributed by atoms with Crippen LogP contribution in [0.25, 0.3) is 11.0 Å². The fraction of sp³-hybridized carbons (Fsp3) is 0.263. The zero-order valence-corrected chi connectivity index (χ0v) is 14.5. The van der Waals surface area contributed by atoms with Gasteiger partial charge in [0, 0.05) is 10.6 Å². The zero-order chi connectivity index (χ0) is 17.1. The van der Waals surface area contributed by atoms with Crippen LogP contribution in [0, 0.1) is 5.92 Å². The van der Waals surface area contributed by atoms with Crippen LogP contribution in [0.4, 0.5) is 0 Å². The van der Waals surface area contributed by atoms with E-state index < -0.39 is 0 Å². The van der Waals surface area contributed by atoms with Gasteiger partial charge in [-0.2, -0.15) is 0 Å². The van der Waals surface area contributed by atoms with Gasteiger partial charge in [0.1, 0.15) is 5.82 Å². The van der Waals surface area contributed by atoms with Crippen molar-refractivity contribution in [2.75, 3.05) is 0 Å². The Morgan fingerprint density at radius 2 is 1.88 bits per heavy atom. The zero-order valence-electron chi connectivity index (χ0n) is 13.7. The predicted molar refractivity (Wildman–Crippen MR) is 97.2 cm³/mol. The lowest BCUT2D eigenvalue weighted by atomic mass is 10.0. The van der Waals surface area contributed by atoms with Crippen LogP contribution in [0.1, 0.15) is 42.5 Å². The van der Waals surface area contributed by atoms with Crippen molar-refractivity contribution in [2.24, 2.45) is 5.92 Å². The minimum absolute atomic E-state index is 0.127. The van der Waals surface area contributed by atoms with Crippen molar-refractivity contribution in [1.82, 2.24) is 15.3 Å². The van der Waals surface area contributed by atoms with Gasteiger partial charge in [0.05, 0.1) is 17.1 Å². The molecule has 0 bridgehead atoms. The Hall–Kier alpha value is -2.33. The van der Waals surface area contributed by atoms with Crippen LogP contribution in [0.15, 0.2) is 48.5 Å². The van der Waals surface area contributed by atoms with E-state index in [-0.39, 0.29) is 11.9 Å². The number of carbonyl (C=O) groups excluding carboxylic acids is 1. The monoisotopic (exact) mass is 341 g/mol. The number of nitrogens with zero attached hydrogens (tertiary/aromatic N) is 1. The van der Waals surface area contributed by atoms with Gasteiger partial charge in [-0.15, -0.1) is 0 Å². The average molecular weight is 342 g/mol. The van der Waals surface area contributed by atoms with Crippen molar-refractivity contribution >= 4 is 28.5 Å². The maximum atomic E-state index is 12.5. The van der Waals surface area contributed by atoms with Crippen LogP contribution >= 0.6 is 11.6 Å². The molecule has 1 heterocycles. The molecule has 2 N–H and O–H groups in total. The van der Waals surface area contributed by atoms with E-state index >= 15 is 0 Å². The molecular weight excluding hydrogens is 322 g/mol. The van der Waals surface area contributed by atoms with Gasteiger partial charge in [-0.05, 0) is 48.7 Å². The van der Waals surface area contributed by atoms with Crippen LogP contribution in [0.5, 0.6) is 0 Å². The second kappa shape index (κ2) is 7.05. The first-order chi connectivity index (χ1) is 11.5. The van der Waals surface area contributed by atoms with Crippen LogP contribution in [-0.2, 0) is 0 Å². The van der Waals surface area contributed by atoms with Gasteiger partial charge in [-0.25, -0.2) is 4.98 Å². The molecule has 3 aromatic rings. The normalized spacial score (nSPS) is 12.5. The smallest absolute Gasteiger partial charge is 0.251 e. The predicted octanol–water partition coefficient (Wildman–Crippen LogP) is 4.73. The highest BCUT2D eigenvalue weighted by Crippen LogP contribution is 2.22. The number of carbonyl (C=O) groups is 1. The van der Waals surface area contributed by atoms with Crippen molar-refractivity contribution in [2.45, 2.75) is 26.3 Å². The van der Waals surface area contributed by atoms with E-state index in [0.717, 1.165) is 23.3 Å². The Bertz CT molecular complexity index is 806. The summed E-state index contributed by atoms with van der Waals surface area (Å²) in [5.41, 5.74) is 2.47. The number of nitrogens with one attached hydrogen (secondary N) is 2. The molecule has 2 aromatic carbocycles. The number of amides is 1. The van der Waals surface area contributed by atoms with Crippen molar-refractivity contribution in [3.63, 3.8) is 0 Å². The summed E-state index contributed by atoms with van der Waals surface area (Å²) in [5, 5.41) is 3.70. The Kier molecular flexibility index (Phi) is 4.86. The van der Waals surface area contributed by atoms with Gasteiger partial charge < -0.3 is 10.3 Å². The average Bonchev–Trinajstić information content (AvgIpc) is 2.98. The van der Waals surface area contributed by atoms with E-state index in [2.05, 4.69) is 29.1 Å². The maximum absolute atomic E-state index is 12.5. The summed E-state index contributed by atoms with van der Waals surface area (Å²) in [6.07, 6.45) is 0.805. The Labute approximate surface area is 146 Å². The van der Waals surface area contributed by atoms with E-state index in [4.69, 9.17) is 11.6 Å². The molecule has 0 aliphatic rings. The van der Waals surface area contributed by atoms with Crippen molar-refractivity contribution in [3.8, 4) is 0 Å². The SMILES string of the molecule is CC(C)CC(NC(=O)c1ccc(Cl)cc1)c1nc2ccccc2[nH]1. The minimum atomic E-state index is -0.166. The molecule has 24 heavy (non-hydrogen) atoms. The van der Waals surface area contributed by atoms with Crippen LogP contribution < -0.4 is 5.32 Å². The minimum Gasteiger partial charge on any atom is -0.342 e. The highest BCUT2D eigenvalue weighted by molar-refractivity contribution is 6.30. The summed E-state index contributed by atoms with van der Waals surface area (Å²) in [6.45, 7) is 4.26. The number of aromatic amines is 1. The van der Waals surface area contributed by atoms with Gasteiger partial charge in [-0.1, -0.05) is 37.6 Å². The first-order valence-electron chi connectivity index (χ1n) is 8.04. The largest absolute Gasteiger partial charge is 0.342 e. The van der Waals surface area contributed by atoms with Crippen LogP contribution in [0.2, 0.25) is 5.02 Å². The third kappa shape index (κ3) is 3.77. The summed E-state index contributed by atoms with van der Waals surface area (Å²) in [4.78, 5) is 20.5. The van der Waals surface area contributed by atoms with Crippen LogP contribution in [-0.4, -0.2) is 15.9 Å². The van der Waals surface area contributed by atoms with Gasteiger partial charge in [-0.3, -0.25) is 4.79 Å². The van der Waals surface area contributed by atoms with E-state index in [1.54, 1.807) is 24.3 Å². The highest BCUT2D eigenvalue weighted by atomic mass is 35.5. The molecule has 0 aliphatic heterocycles. The number of para-hydroxylation sites is 2. The number of fused-ring (bicyclic) bond motifs is 1. The molecule has 1 atom stereocenters. The quantitative estimate of drug-likeness (QED) is 0.704. The lowest BCUT2D eigenvalue weighted by Crippen LogP contribution is -2.30. The molecule has 0 radical (unpaired) electrons. The number of halogens is 1. The Morgan fingerprint density at radius 3 is 2.54 bits per heavy atom. The molecule has 0 aliphatic carbocycles. The summed E-state index contributed by atoms with van der Waals surface area (Å²) in [5.74, 6) is 1.08. The van der Waals surface area contributed by atoms with E-state index in [1.807, 2.05) is 24.3 Å². The molecule has 0 saturated heterocycles. The number of imidazole rings is 1. The van der Waals surface area contributed by atoms with Gasteiger partial charge in [0.25, 0.3) is 5.91 Å². The van der Waals surface area contributed by atoms with Crippen LogP contribution in [0.3, 0.4) is 0 Å². The second-order valence-electron chi connectivity index (χ2n) is 6.30. The molecule has 1 aromatic heterocycles. The molecule has 1 unspecified atom stereocenters. The molecular formula is C19H20ClN3O. The van der Waals surface area contributed by atoms with E-state index in [1.165, 1.54) is 0 Å². The number of H-pyrrole nitrogens is 1. The van der Waals surface area contributed by atoms with Gasteiger partial charge in [0.15, 0.2) is 0 Å². The van der Waals surface area contributed by atoms with E-state index in [9.17, 15) is 4.79 Å². The van der Waals surface area contributed by atoms with Gasteiger partial charge in [0.2, 0.25) is 0 Å². The van der Waals surface area contributed by atoms with Gasteiger partial charge >= 0.3 is 0 Å². The number of benzene rings is 2. The van der Waals surface area contributed by atoms with Crippen molar-refractivity contribution in [3.05, 3.63) is 64.9 Å². The fourth-order valence-corrected chi connectivity index (χ4v) is 2.82. The van der Waals surface area contributed by atoms with Crippen molar-refractivity contribution < 1.29 is 4.79 Å². The lowest BCUT2D eigenvalue weighted by molar-refractivity contribution is 0.0930. The summed E-state index contributed by atoms with van der Waals surface area (Å²) in [6, 6.07) is 14.6. The third-order valence-electron chi connectivity index (χ3n) is 3.86. The summed E-state index contributed by atoms with van der Waals surface area (Å²) in [7, 11) is 0. The summed E-state index contributed by atoms with van der Waals surface area (Å²) >= 11 is 5.89. The standard InChI is InChI=1S/C19H20ClN3O/c1-12(2)11-17(18-21-15-5-3-4-6-16(15)22-18)23-19(24)13-7-9-14(20)10-8-13/h3-10,12,17H,11H2,1-2H3,(H,21,22)(H,23,24). The topological polar surface area (TPSA) is 57.8 Å². The molecule has 1 amide bonds. The third-order valence-corrected chi connectivity index (χ3v) is 4.11. The first kappa shape index (κ1) is 16.5. The Balaban J connectivity index is 1.85. The maximum Gasteiger partial charge on any atom is 0.251 e. The number of aromatic nitrogens is 2. The Morgan fingerprint density at radius 1 is 1.17 bits per heavy atom. The lowest BCUT2D eigenvalue weighted by Gasteiger charge is -2.18. The molecule has 4 nitrogen and oxygen atoms in total. The van der Waals surface area contributed by atoms with E-state index in [0.29, 0.717) is 16.5 Å². The second-order valence-corrected chi connectivity index (χ2v) is 6.74.